The summed E-state index contributed by atoms with van der Waals surface area (Å²) in [6.07, 6.45) is -0.982. The van der Waals surface area contributed by atoms with Gasteiger partial charge in [-0.25, -0.2) is 4.79 Å². The Labute approximate surface area is 88.8 Å². The van der Waals surface area contributed by atoms with E-state index in [9.17, 15) is 9.59 Å². The number of carbonyl (C=O) groups is 2. The third kappa shape index (κ3) is 3.02. The summed E-state index contributed by atoms with van der Waals surface area (Å²) in [5.74, 6) is -0.383. The van der Waals surface area contributed by atoms with Gasteiger partial charge in [-0.15, -0.1) is 0 Å². The lowest BCUT2D eigenvalue weighted by atomic mass is 10.3. The summed E-state index contributed by atoms with van der Waals surface area (Å²) in [5, 5.41) is 0. The molecule has 0 bridgehead atoms. The molecule has 5 nitrogen and oxygen atoms in total. The van der Waals surface area contributed by atoms with E-state index in [2.05, 4.69) is 9.47 Å². The molecule has 0 aromatic heterocycles. The fourth-order valence-corrected chi connectivity index (χ4v) is 0.886. The van der Waals surface area contributed by atoms with Crippen LogP contribution in [0.4, 0.5) is 4.79 Å². The van der Waals surface area contributed by atoms with Crippen molar-refractivity contribution in [3.8, 4) is 0 Å². The summed E-state index contributed by atoms with van der Waals surface area (Å²) in [5.41, 5.74) is 0. The Morgan fingerprint density at radius 3 is 3.00 bits per heavy atom. The molecule has 1 fully saturated rings. The number of cyclic esters (lactones) is 2. The van der Waals surface area contributed by atoms with Crippen molar-refractivity contribution in [2.45, 2.75) is 23.6 Å². The molecule has 74 valence electrons. The molecule has 2 unspecified atom stereocenters. The summed E-state index contributed by atoms with van der Waals surface area (Å²) in [7, 11) is 0. The van der Waals surface area contributed by atoms with Gasteiger partial charge in [-0.3, -0.25) is 4.79 Å². The fourth-order valence-electron chi connectivity index (χ4n) is 0.740. The van der Waals surface area contributed by atoms with E-state index in [1.807, 2.05) is 29.5 Å². The van der Waals surface area contributed by atoms with Crippen molar-refractivity contribution in [1.82, 2.24) is 0 Å². The highest BCUT2D eigenvalue weighted by atomic mass is 127. The molecule has 0 amide bonds. The number of rotatable bonds is 3. The number of alkyl halides is 1. The minimum atomic E-state index is -0.871. The average molecular weight is 300 g/mol. The number of halogens is 1. The van der Waals surface area contributed by atoms with Crippen LogP contribution in [0.2, 0.25) is 0 Å². The third-order valence-electron chi connectivity index (χ3n) is 1.43. The lowest BCUT2D eigenvalue weighted by Crippen LogP contribution is -2.25. The van der Waals surface area contributed by atoms with Crippen LogP contribution in [0.5, 0.6) is 0 Å². The summed E-state index contributed by atoms with van der Waals surface area (Å²) < 4.78 is 13.6. The Balaban J connectivity index is 2.32. The largest absolute Gasteiger partial charge is 0.511 e. The predicted octanol–water partition coefficient (Wildman–Crippen LogP) is 1.24. The summed E-state index contributed by atoms with van der Waals surface area (Å²) >= 11 is 1.97. The average Bonchev–Trinajstić information content (AvgIpc) is 2.49. The van der Waals surface area contributed by atoms with E-state index in [1.165, 1.54) is 0 Å². The van der Waals surface area contributed by atoms with Gasteiger partial charge in [0.2, 0.25) is 0 Å². The molecule has 1 aliphatic rings. The molecule has 6 heteroatoms. The van der Waals surface area contributed by atoms with Gasteiger partial charge in [0, 0.05) is 0 Å². The van der Waals surface area contributed by atoms with Gasteiger partial charge in [-0.2, -0.15) is 0 Å². The Hall–Kier alpha value is -0.530. The van der Waals surface area contributed by atoms with Crippen molar-refractivity contribution in [3.63, 3.8) is 0 Å². The van der Waals surface area contributed by atoms with E-state index in [0.717, 1.165) is 0 Å². The normalized spacial score (nSPS) is 23.2. The van der Waals surface area contributed by atoms with Gasteiger partial charge in [0.1, 0.15) is 3.92 Å². The molecular formula is C7H9IO5. The molecule has 0 aromatic carbocycles. The van der Waals surface area contributed by atoms with Crippen LogP contribution in [-0.4, -0.2) is 28.9 Å². The van der Waals surface area contributed by atoms with Crippen LogP contribution in [-0.2, 0) is 19.0 Å². The van der Waals surface area contributed by atoms with Crippen molar-refractivity contribution in [2.24, 2.45) is 0 Å². The summed E-state index contributed by atoms with van der Waals surface area (Å²) in [6.45, 7) is 1.85. The van der Waals surface area contributed by atoms with Crippen molar-refractivity contribution in [1.29, 1.82) is 0 Å². The molecule has 13 heavy (non-hydrogen) atoms. The number of hydrogen-bond acceptors (Lipinski definition) is 5. The minimum Gasteiger partial charge on any atom is -0.426 e. The molecule has 1 heterocycles. The summed E-state index contributed by atoms with van der Waals surface area (Å²) in [4.78, 5) is 21.6. The maximum atomic E-state index is 11.2. The topological polar surface area (TPSA) is 61.8 Å². The molecule has 0 aliphatic carbocycles. The highest BCUT2D eigenvalue weighted by Crippen LogP contribution is 2.13. The zero-order chi connectivity index (χ0) is 9.84. The standard InChI is InChI=1S/C7H9IO5/c1-2-4(8)6(9)12-5-3-11-7(10)13-5/h4-5H,2-3H2,1H3. The highest BCUT2D eigenvalue weighted by molar-refractivity contribution is 14.1. The summed E-state index contributed by atoms with van der Waals surface area (Å²) in [6, 6.07) is 0. The molecule has 0 N–H and O–H groups in total. The van der Waals surface area contributed by atoms with Crippen molar-refractivity contribution in [3.05, 3.63) is 0 Å². The third-order valence-corrected chi connectivity index (χ3v) is 2.82. The van der Waals surface area contributed by atoms with Crippen LogP contribution in [0.15, 0.2) is 0 Å². The minimum absolute atomic E-state index is 0.0162. The Morgan fingerprint density at radius 2 is 2.54 bits per heavy atom. The zero-order valence-electron chi connectivity index (χ0n) is 6.99. The van der Waals surface area contributed by atoms with Gasteiger partial charge in [0.05, 0.1) is 0 Å². The Kier molecular flexibility index (Phi) is 3.76. The fraction of sp³-hybridized carbons (Fsp3) is 0.714. The van der Waals surface area contributed by atoms with Crippen molar-refractivity contribution < 1.29 is 23.8 Å². The van der Waals surface area contributed by atoms with Crippen molar-refractivity contribution in [2.75, 3.05) is 6.61 Å². The lowest BCUT2D eigenvalue weighted by molar-refractivity contribution is -0.161. The van der Waals surface area contributed by atoms with E-state index in [0.29, 0.717) is 6.42 Å². The van der Waals surface area contributed by atoms with Gasteiger partial charge in [0.25, 0.3) is 6.29 Å². The number of ether oxygens (including phenoxy) is 3. The number of hydrogen-bond donors (Lipinski definition) is 0. The monoisotopic (exact) mass is 300 g/mol. The highest BCUT2D eigenvalue weighted by Gasteiger charge is 2.29. The first-order valence-corrected chi connectivity index (χ1v) is 5.06. The van der Waals surface area contributed by atoms with E-state index in [4.69, 9.17) is 4.74 Å². The maximum Gasteiger partial charge on any atom is 0.511 e. The van der Waals surface area contributed by atoms with Crippen LogP contribution in [0, 0.1) is 0 Å². The van der Waals surface area contributed by atoms with Crippen LogP contribution >= 0.6 is 22.6 Å². The quantitative estimate of drug-likeness (QED) is 0.446. The first-order chi connectivity index (χ1) is 6.13. The second-order valence-electron chi connectivity index (χ2n) is 2.42. The molecule has 1 aliphatic heterocycles. The first-order valence-electron chi connectivity index (χ1n) is 3.81. The molecule has 0 radical (unpaired) electrons. The number of esters is 1. The SMILES string of the molecule is CCC(I)C(=O)OC1COC(=O)O1. The smallest absolute Gasteiger partial charge is 0.426 e. The van der Waals surface area contributed by atoms with Gasteiger partial charge in [-0.1, -0.05) is 29.5 Å². The van der Waals surface area contributed by atoms with Gasteiger partial charge < -0.3 is 14.2 Å². The van der Waals surface area contributed by atoms with Gasteiger partial charge in [-0.05, 0) is 6.42 Å². The Bertz CT molecular complexity index is 217. The first kappa shape index (κ1) is 10.6. The van der Waals surface area contributed by atoms with Gasteiger partial charge in [0.15, 0.2) is 6.61 Å². The predicted molar refractivity (Wildman–Crippen MR) is 50.4 cm³/mol. The molecule has 1 rings (SSSR count). The second-order valence-corrected chi connectivity index (χ2v) is 3.92. The maximum absolute atomic E-state index is 11.2. The van der Waals surface area contributed by atoms with E-state index in [-0.39, 0.29) is 16.5 Å². The van der Waals surface area contributed by atoms with Crippen molar-refractivity contribution >= 4 is 34.7 Å². The second kappa shape index (κ2) is 4.64. The number of carbonyl (C=O) groups excluding carboxylic acids is 2. The lowest BCUT2D eigenvalue weighted by Gasteiger charge is -2.10. The Morgan fingerprint density at radius 1 is 1.85 bits per heavy atom. The van der Waals surface area contributed by atoms with Crippen LogP contribution in [0.3, 0.4) is 0 Å². The van der Waals surface area contributed by atoms with Gasteiger partial charge >= 0.3 is 12.1 Å². The van der Waals surface area contributed by atoms with Crippen LogP contribution in [0.1, 0.15) is 13.3 Å². The molecule has 1 saturated heterocycles. The van der Waals surface area contributed by atoms with E-state index in [1.54, 1.807) is 0 Å². The molecule has 0 aromatic rings. The molecule has 2 atom stereocenters. The zero-order valence-corrected chi connectivity index (χ0v) is 9.15. The van der Waals surface area contributed by atoms with Crippen LogP contribution in [0.25, 0.3) is 0 Å². The molecule has 0 spiro atoms. The molecule has 0 saturated carbocycles. The van der Waals surface area contributed by atoms with E-state index < -0.39 is 12.4 Å². The molecular weight excluding hydrogens is 291 g/mol. The van der Waals surface area contributed by atoms with E-state index >= 15 is 0 Å². The van der Waals surface area contributed by atoms with Crippen LogP contribution < -0.4 is 0 Å².